The van der Waals surface area contributed by atoms with Crippen molar-refractivity contribution in [3.8, 4) is 5.75 Å². The molecule has 2 amide bonds. The molecule has 0 radical (unpaired) electrons. The van der Waals surface area contributed by atoms with E-state index in [0.29, 0.717) is 13.3 Å². The minimum absolute atomic E-state index is 0.0270. The summed E-state index contributed by atoms with van der Waals surface area (Å²) < 4.78 is 6.73. The lowest BCUT2D eigenvalue weighted by Gasteiger charge is -2.29. The fourth-order valence-electron chi connectivity index (χ4n) is 4.51. The Morgan fingerprint density at radius 2 is 2.38 bits per heavy atom. The zero-order chi connectivity index (χ0) is 17.8. The second-order valence-electron chi connectivity index (χ2n) is 7.10. The molecule has 2 fully saturated rings. The van der Waals surface area contributed by atoms with Crippen molar-refractivity contribution in [2.75, 3.05) is 25.2 Å². The number of nitrogens with one attached hydrogen (secondary N) is 1. The first-order valence-corrected chi connectivity index (χ1v) is 9.67. The predicted molar refractivity (Wildman–Crippen MR) is 99.7 cm³/mol. The molecule has 1 saturated carbocycles. The standard InChI is InChI=1S/C18H19N5O2S/c1-19-9-22(2)12-4-3-11-16(12)23(17(24)20-11)18-21-15-10-7-8-25-13(10)5-6-14(15)26-18/h5-6,11-12,16H,3-4,7-9H2,2H3,(H,20,24)/t11-,12-,16-/m0/s1. The van der Waals surface area contributed by atoms with Crippen molar-refractivity contribution in [3.63, 3.8) is 0 Å². The number of thiazole rings is 1. The van der Waals surface area contributed by atoms with Crippen molar-refractivity contribution in [1.29, 1.82) is 0 Å². The van der Waals surface area contributed by atoms with Crippen LogP contribution in [0.5, 0.6) is 5.75 Å². The fraction of sp³-hybridized carbons (Fsp3) is 0.500. The van der Waals surface area contributed by atoms with Crippen LogP contribution in [0.15, 0.2) is 12.1 Å². The largest absolute Gasteiger partial charge is 0.493 e. The van der Waals surface area contributed by atoms with Crippen LogP contribution >= 0.6 is 11.3 Å². The molecule has 8 heteroatoms. The molecule has 1 aromatic heterocycles. The van der Waals surface area contributed by atoms with E-state index in [1.165, 1.54) is 0 Å². The van der Waals surface area contributed by atoms with Crippen LogP contribution in [0, 0.1) is 6.57 Å². The van der Waals surface area contributed by atoms with Crippen LogP contribution in [0.2, 0.25) is 0 Å². The van der Waals surface area contributed by atoms with E-state index in [1.807, 2.05) is 24.1 Å². The Kier molecular flexibility index (Phi) is 3.55. The van der Waals surface area contributed by atoms with E-state index in [0.717, 1.165) is 45.9 Å². The fourth-order valence-corrected chi connectivity index (χ4v) is 5.54. The van der Waals surface area contributed by atoms with Crippen LogP contribution in [0.4, 0.5) is 9.93 Å². The molecule has 1 aliphatic carbocycles. The van der Waals surface area contributed by atoms with E-state index >= 15 is 0 Å². The number of hydrogen-bond donors (Lipinski definition) is 1. The third-order valence-electron chi connectivity index (χ3n) is 5.69. The molecular weight excluding hydrogens is 350 g/mol. The zero-order valence-electron chi connectivity index (χ0n) is 14.4. The molecule has 2 aromatic rings. The Hall–Kier alpha value is -2.37. The van der Waals surface area contributed by atoms with Gasteiger partial charge in [0.2, 0.25) is 0 Å². The molecular formula is C18H19N5O2S. The van der Waals surface area contributed by atoms with E-state index in [-0.39, 0.29) is 24.2 Å². The second kappa shape index (κ2) is 5.83. The molecule has 1 aromatic carbocycles. The summed E-state index contributed by atoms with van der Waals surface area (Å²) in [5.74, 6) is 0.911. The number of amides is 2. The molecule has 7 nitrogen and oxygen atoms in total. The maximum Gasteiger partial charge on any atom is 0.324 e. The number of anilines is 1. The van der Waals surface area contributed by atoms with Gasteiger partial charge in [-0.1, -0.05) is 11.3 Å². The lowest BCUT2D eigenvalue weighted by molar-refractivity contribution is 0.238. The molecule has 1 N–H and O–H groups in total. The smallest absolute Gasteiger partial charge is 0.324 e. The summed E-state index contributed by atoms with van der Waals surface area (Å²) in [5, 5.41) is 3.86. The summed E-state index contributed by atoms with van der Waals surface area (Å²) in [7, 11) is 1.97. The van der Waals surface area contributed by atoms with Crippen LogP contribution in [-0.4, -0.2) is 54.4 Å². The molecule has 0 unspecified atom stereocenters. The first-order valence-electron chi connectivity index (χ1n) is 8.86. The van der Waals surface area contributed by atoms with Crippen LogP contribution in [0.1, 0.15) is 18.4 Å². The number of carbonyl (C=O) groups excluding carboxylic acids is 1. The number of carbonyl (C=O) groups is 1. The highest BCUT2D eigenvalue weighted by Gasteiger charge is 2.51. The van der Waals surface area contributed by atoms with Crippen molar-refractivity contribution in [3.05, 3.63) is 29.1 Å². The third kappa shape index (κ3) is 2.20. The summed E-state index contributed by atoms with van der Waals surface area (Å²) in [4.78, 5) is 24.9. The van der Waals surface area contributed by atoms with Crippen molar-refractivity contribution in [1.82, 2.24) is 15.2 Å². The van der Waals surface area contributed by atoms with Gasteiger partial charge in [-0.15, -0.1) is 0 Å². The first kappa shape index (κ1) is 15.9. The number of hydrogen-bond acceptors (Lipinski definition) is 5. The molecule has 0 bridgehead atoms. The van der Waals surface area contributed by atoms with Gasteiger partial charge in [0, 0.05) is 18.0 Å². The van der Waals surface area contributed by atoms with E-state index in [4.69, 9.17) is 16.3 Å². The average molecular weight is 369 g/mol. The average Bonchev–Trinajstić information content (AvgIpc) is 3.35. The molecule has 134 valence electrons. The van der Waals surface area contributed by atoms with Gasteiger partial charge in [-0.25, -0.2) is 21.3 Å². The van der Waals surface area contributed by atoms with Crippen molar-refractivity contribution < 1.29 is 9.53 Å². The summed E-state index contributed by atoms with van der Waals surface area (Å²) in [6, 6.07) is 4.29. The summed E-state index contributed by atoms with van der Waals surface area (Å²) in [5.41, 5.74) is 2.11. The van der Waals surface area contributed by atoms with Crippen LogP contribution in [0.25, 0.3) is 15.1 Å². The molecule has 5 rings (SSSR count). The van der Waals surface area contributed by atoms with E-state index in [9.17, 15) is 4.79 Å². The van der Waals surface area contributed by atoms with Gasteiger partial charge >= 0.3 is 6.03 Å². The predicted octanol–water partition coefficient (Wildman–Crippen LogP) is 2.47. The van der Waals surface area contributed by atoms with E-state index < -0.39 is 0 Å². The van der Waals surface area contributed by atoms with Gasteiger partial charge in [-0.05, 0) is 32.0 Å². The quantitative estimate of drug-likeness (QED) is 0.845. The minimum Gasteiger partial charge on any atom is -0.493 e. The molecule has 26 heavy (non-hydrogen) atoms. The highest BCUT2D eigenvalue weighted by molar-refractivity contribution is 7.22. The van der Waals surface area contributed by atoms with E-state index in [1.54, 1.807) is 11.3 Å². The molecule has 0 spiro atoms. The van der Waals surface area contributed by atoms with Gasteiger partial charge in [0.1, 0.15) is 5.75 Å². The number of rotatable bonds is 3. The Bertz CT molecular complexity index is 936. The van der Waals surface area contributed by atoms with Crippen molar-refractivity contribution in [2.24, 2.45) is 0 Å². The summed E-state index contributed by atoms with van der Waals surface area (Å²) >= 11 is 1.56. The van der Waals surface area contributed by atoms with Crippen LogP contribution in [0.3, 0.4) is 0 Å². The Balaban J connectivity index is 1.55. The monoisotopic (exact) mass is 369 g/mol. The van der Waals surface area contributed by atoms with E-state index in [2.05, 4.69) is 15.1 Å². The van der Waals surface area contributed by atoms with Gasteiger partial charge in [-0.2, -0.15) is 0 Å². The second-order valence-corrected chi connectivity index (χ2v) is 8.11. The minimum atomic E-state index is -0.0761. The lowest BCUT2D eigenvalue weighted by atomic mass is 10.1. The lowest BCUT2D eigenvalue weighted by Crippen LogP contribution is -2.48. The molecule has 3 aliphatic rings. The number of benzene rings is 1. The number of urea groups is 1. The first-order chi connectivity index (χ1) is 12.7. The SMILES string of the molecule is [C-]#[N+]CN(C)[C@H]1CC[C@@H]2NC(=O)N(c3nc4c5c(ccc4s3)OCC5)[C@@H]21. The Labute approximate surface area is 155 Å². The maximum absolute atomic E-state index is 12.7. The summed E-state index contributed by atoms with van der Waals surface area (Å²) in [6.07, 6.45) is 2.78. The molecule has 1 saturated heterocycles. The number of nitrogens with zero attached hydrogens (tertiary/aromatic N) is 4. The van der Waals surface area contributed by atoms with Gasteiger partial charge in [0.05, 0.1) is 28.9 Å². The summed E-state index contributed by atoms with van der Waals surface area (Å²) in [6.45, 7) is 8.19. The normalized spacial score (nSPS) is 26.7. The zero-order valence-corrected chi connectivity index (χ0v) is 15.3. The van der Waals surface area contributed by atoms with Gasteiger partial charge in [0.15, 0.2) is 5.13 Å². The molecule has 2 aliphatic heterocycles. The molecule has 3 heterocycles. The topological polar surface area (TPSA) is 62.1 Å². The van der Waals surface area contributed by atoms with Crippen molar-refractivity contribution in [2.45, 2.75) is 37.4 Å². The Morgan fingerprint density at radius 3 is 3.23 bits per heavy atom. The van der Waals surface area contributed by atoms with Crippen molar-refractivity contribution >= 4 is 32.7 Å². The van der Waals surface area contributed by atoms with Gasteiger partial charge in [0.25, 0.3) is 6.67 Å². The van der Waals surface area contributed by atoms with Crippen LogP contribution in [-0.2, 0) is 6.42 Å². The number of fused-ring (bicyclic) bond motifs is 4. The number of likely N-dealkylation sites (N-methyl/N-ethyl adjacent to an activating group) is 1. The Morgan fingerprint density at radius 1 is 1.50 bits per heavy atom. The van der Waals surface area contributed by atoms with Gasteiger partial charge in [-0.3, -0.25) is 9.74 Å². The highest BCUT2D eigenvalue weighted by atomic mass is 32.1. The highest BCUT2D eigenvalue weighted by Crippen LogP contribution is 2.41. The third-order valence-corrected chi connectivity index (χ3v) is 6.71. The maximum atomic E-state index is 12.7. The van der Waals surface area contributed by atoms with Gasteiger partial charge < -0.3 is 10.1 Å². The number of aromatic nitrogens is 1. The van der Waals surface area contributed by atoms with Crippen LogP contribution < -0.4 is 15.0 Å². The number of ether oxygens (including phenoxy) is 1. The molecule has 3 atom stereocenters.